The van der Waals surface area contributed by atoms with Crippen LogP contribution in [-0.4, -0.2) is 22.1 Å². The van der Waals surface area contributed by atoms with Gasteiger partial charge in [-0.25, -0.2) is 4.98 Å². The number of hydrogen-bond acceptors (Lipinski definition) is 2. The molecule has 0 aliphatic carbocycles. The molecule has 1 aromatic carbocycles. The van der Waals surface area contributed by atoms with E-state index in [1.807, 2.05) is 6.20 Å². The van der Waals surface area contributed by atoms with Crippen molar-refractivity contribution in [3.63, 3.8) is 0 Å². The summed E-state index contributed by atoms with van der Waals surface area (Å²) in [7, 11) is 0. The Labute approximate surface area is 121 Å². The van der Waals surface area contributed by atoms with E-state index in [-0.39, 0.29) is 5.54 Å². The molecule has 3 heteroatoms. The van der Waals surface area contributed by atoms with Crippen molar-refractivity contribution < 1.29 is 0 Å². The number of aromatic nitrogens is 2. The van der Waals surface area contributed by atoms with Gasteiger partial charge in [-0.3, -0.25) is 0 Å². The summed E-state index contributed by atoms with van der Waals surface area (Å²) < 4.78 is 0. The van der Waals surface area contributed by atoms with Crippen molar-refractivity contribution in [3.8, 4) is 11.3 Å². The van der Waals surface area contributed by atoms with Gasteiger partial charge in [0.25, 0.3) is 0 Å². The summed E-state index contributed by atoms with van der Waals surface area (Å²) in [6, 6.07) is 8.67. The summed E-state index contributed by atoms with van der Waals surface area (Å²) in [6.45, 7) is 9.64. The molecule has 0 fully saturated rings. The molecular weight excluding hydrogens is 246 g/mol. The van der Waals surface area contributed by atoms with Crippen LogP contribution in [0.15, 0.2) is 30.5 Å². The van der Waals surface area contributed by atoms with Crippen molar-refractivity contribution in [2.45, 2.75) is 46.1 Å². The van der Waals surface area contributed by atoms with Gasteiger partial charge in [0.1, 0.15) is 5.82 Å². The van der Waals surface area contributed by atoms with Crippen LogP contribution < -0.4 is 5.32 Å². The highest BCUT2D eigenvalue weighted by Crippen LogP contribution is 2.18. The minimum atomic E-state index is 0.158. The maximum absolute atomic E-state index is 4.46. The van der Waals surface area contributed by atoms with Gasteiger partial charge in [0.15, 0.2) is 0 Å². The van der Waals surface area contributed by atoms with Crippen molar-refractivity contribution in [1.82, 2.24) is 15.3 Å². The SMILES string of the molecule is CCc1ccc(-c2cnc(CCNC(C)(C)C)[nH]2)cc1. The number of nitrogens with one attached hydrogen (secondary N) is 2. The third-order valence-electron chi connectivity index (χ3n) is 3.32. The minimum Gasteiger partial charge on any atom is -0.342 e. The quantitative estimate of drug-likeness (QED) is 0.873. The van der Waals surface area contributed by atoms with Crippen LogP contribution >= 0.6 is 0 Å². The Bertz CT molecular complexity index is 532. The van der Waals surface area contributed by atoms with Gasteiger partial charge in [-0.15, -0.1) is 0 Å². The summed E-state index contributed by atoms with van der Waals surface area (Å²) in [5.41, 5.74) is 3.82. The third-order valence-corrected chi connectivity index (χ3v) is 3.32. The van der Waals surface area contributed by atoms with E-state index in [1.165, 1.54) is 11.1 Å². The van der Waals surface area contributed by atoms with Crippen LogP contribution in [-0.2, 0) is 12.8 Å². The Morgan fingerprint density at radius 1 is 1.15 bits per heavy atom. The first-order valence-corrected chi connectivity index (χ1v) is 7.36. The molecule has 1 aromatic heterocycles. The van der Waals surface area contributed by atoms with Crippen LogP contribution in [0.3, 0.4) is 0 Å². The summed E-state index contributed by atoms with van der Waals surface area (Å²) in [5, 5.41) is 3.47. The van der Waals surface area contributed by atoms with E-state index in [9.17, 15) is 0 Å². The Balaban J connectivity index is 1.97. The van der Waals surface area contributed by atoms with Crippen LogP contribution in [0, 0.1) is 0 Å². The Morgan fingerprint density at radius 3 is 2.45 bits per heavy atom. The molecule has 0 aliphatic rings. The molecule has 2 rings (SSSR count). The molecule has 0 saturated heterocycles. The fourth-order valence-corrected chi connectivity index (χ4v) is 2.11. The summed E-state index contributed by atoms with van der Waals surface area (Å²) >= 11 is 0. The van der Waals surface area contributed by atoms with E-state index in [0.29, 0.717) is 0 Å². The van der Waals surface area contributed by atoms with Crippen LogP contribution in [0.25, 0.3) is 11.3 Å². The van der Waals surface area contributed by atoms with Crippen LogP contribution in [0.4, 0.5) is 0 Å². The van der Waals surface area contributed by atoms with E-state index in [4.69, 9.17) is 0 Å². The standard InChI is InChI=1S/C17H25N3/c1-5-13-6-8-14(9-7-13)15-12-18-16(20-15)10-11-19-17(2,3)4/h6-9,12,19H,5,10-11H2,1-4H3,(H,18,20). The molecule has 1 heterocycles. The Kier molecular flexibility index (Phi) is 4.61. The van der Waals surface area contributed by atoms with E-state index in [0.717, 1.165) is 30.9 Å². The Hall–Kier alpha value is -1.61. The molecule has 0 radical (unpaired) electrons. The zero-order valence-corrected chi connectivity index (χ0v) is 13.0. The van der Waals surface area contributed by atoms with Gasteiger partial charge < -0.3 is 10.3 Å². The second kappa shape index (κ2) is 6.23. The molecular formula is C17H25N3. The number of H-pyrrole nitrogens is 1. The lowest BCUT2D eigenvalue weighted by Gasteiger charge is -2.19. The van der Waals surface area contributed by atoms with E-state index in [2.05, 4.69) is 67.2 Å². The monoisotopic (exact) mass is 271 g/mol. The molecule has 108 valence electrons. The lowest BCUT2D eigenvalue weighted by Crippen LogP contribution is -2.37. The lowest BCUT2D eigenvalue weighted by molar-refractivity contribution is 0.427. The first kappa shape index (κ1) is 14.8. The molecule has 3 nitrogen and oxygen atoms in total. The smallest absolute Gasteiger partial charge is 0.107 e. The molecule has 0 atom stereocenters. The predicted octanol–water partition coefficient (Wildman–Crippen LogP) is 3.57. The summed E-state index contributed by atoms with van der Waals surface area (Å²) in [4.78, 5) is 7.86. The summed E-state index contributed by atoms with van der Waals surface area (Å²) in [6.07, 6.45) is 3.92. The number of imidazole rings is 1. The van der Waals surface area contributed by atoms with E-state index < -0.39 is 0 Å². The van der Waals surface area contributed by atoms with Crippen molar-refractivity contribution in [3.05, 3.63) is 41.9 Å². The first-order valence-electron chi connectivity index (χ1n) is 7.36. The predicted molar refractivity (Wildman–Crippen MR) is 84.9 cm³/mol. The maximum Gasteiger partial charge on any atom is 0.107 e. The number of rotatable bonds is 5. The number of benzene rings is 1. The average Bonchev–Trinajstić information content (AvgIpc) is 2.86. The van der Waals surface area contributed by atoms with Gasteiger partial charge in [-0.05, 0) is 38.3 Å². The second-order valence-corrected chi connectivity index (χ2v) is 6.22. The summed E-state index contributed by atoms with van der Waals surface area (Å²) in [5.74, 6) is 1.04. The fraction of sp³-hybridized carbons (Fsp3) is 0.471. The van der Waals surface area contributed by atoms with Gasteiger partial charge in [0.05, 0.1) is 11.9 Å². The van der Waals surface area contributed by atoms with E-state index in [1.54, 1.807) is 0 Å². The zero-order chi connectivity index (χ0) is 14.6. The van der Waals surface area contributed by atoms with Crippen LogP contribution in [0.1, 0.15) is 39.1 Å². The minimum absolute atomic E-state index is 0.158. The number of nitrogens with zero attached hydrogens (tertiary/aromatic N) is 1. The number of aryl methyl sites for hydroxylation is 1. The number of aromatic amines is 1. The highest BCUT2D eigenvalue weighted by atomic mass is 15.0. The molecule has 2 N–H and O–H groups in total. The largest absolute Gasteiger partial charge is 0.342 e. The van der Waals surface area contributed by atoms with Gasteiger partial charge >= 0.3 is 0 Å². The van der Waals surface area contributed by atoms with Crippen molar-refractivity contribution in [2.75, 3.05) is 6.54 Å². The van der Waals surface area contributed by atoms with Crippen LogP contribution in [0.2, 0.25) is 0 Å². The zero-order valence-electron chi connectivity index (χ0n) is 13.0. The van der Waals surface area contributed by atoms with Gasteiger partial charge in [0, 0.05) is 18.5 Å². The molecule has 2 aromatic rings. The molecule has 20 heavy (non-hydrogen) atoms. The number of hydrogen-bond donors (Lipinski definition) is 2. The van der Waals surface area contributed by atoms with Gasteiger partial charge in [-0.1, -0.05) is 31.2 Å². The van der Waals surface area contributed by atoms with Gasteiger partial charge in [0.2, 0.25) is 0 Å². The molecule has 0 bridgehead atoms. The highest BCUT2D eigenvalue weighted by molar-refractivity contribution is 5.58. The first-order chi connectivity index (χ1) is 9.48. The molecule has 0 amide bonds. The van der Waals surface area contributed by atoms with Gasteiger partial charge in [-0.2, -0.15) is 0 Å². The van der Waals surface area contributed by atoms with Crippen molar-refractivity contribution >= 4 is 0 Å². The van der Waals surface area contributed by atoms with Crippen molar-refractivity contribution in [2.24, 2.45) is 0 Å². The van der Waals surface area contributed by atoms with Crippen molar-refractivity contribution in [1.29, 1.82) is 0 Å². The third kappa shape index (κ3) is 4.20. The Morgan fingerprint density at radius 2 is 1.85 bits per heavy atom. The molecule has 0 spiro atoms. The fourth-order valence-electron chi connectivity index (χ4n) is 2.11. The molecule has 0 saturated carbocycles. The topological polar surface area (TPSA) is 40.7 Å². The highest BCUT2D eigenvalue weighted by Gasteiger charge is 2.09. The van der Waals surface area contributed by atoms with E-state index >= 15 is 0 Å². The second-order valence-electron chi connectivity index (χ2n) is 6.22. The molecule has 0 aliphatic heterocycles. The average molecular weight is 271 g/mol. The molecule has 0 unspecified atom stereocenters. The maximum atomic E-state index is 4.46. The lowest BCUT2D eigenvalue weighted by atomic mass is 10.1. The normalized spacial score (nSPS) is 11.8. The van der Waals surface area contributed by atoms with Crippen LogP contribution in [0.5, 0.6) is 0 Å².